The summed E-state index contributed by atoms with van der Waals surface area (Å²) in [6, 6.07) is 7.36. The first-order valence-electron chi connectivity index (χ1n) is 5.55. The van der Waals surface area contributed by atoms with Crippen LogP contribution in [0, 0.1) is 0 Å². The van der Waals surface area contributed by atoms with E-state index in [1.165, 1.54) is 0 Å². The summed E-state index contributed by atoms with van der Waals surface area (Å²) in [6.45, 7) is 0.342. The number of benzene rings is 1. The molecule has 1 N–H and O–H groups in total. The number of carbonyl (C=O) groups is 1. The molecule has 0 unspecified atom stereocenters. The number of nitrogens with zero attached hydrogens (tertiary/aromatic N) is 2. The number of hydrogen-bond donors (Lipinski definition) is 1. The number of hydrogen-bond acceptors (Lipinski definition) is 3. The van der Waals surface area contributed by atoms with Crippen LogP contribution in [0.5, 0.6) is 5.75 Å². The van der Waals surface area contributed by atoms with Crippen molar-refractivity contribution >= 4 is 5.97 Å². The van der Waals surface area contributed by atoms with Crippen molar-refractivity contribution in [3.8, 4) is 5.75 Å². The predicted octanol–water partition coefficient (Wildman–Crippen LogP) is 1.63. The summed E-state index contributed by atoms with van der Waals surface area (Å²) in [4.78, 5) is 10.7. The van der Waals surface area contributed by atoms with Gasteiger partial charge in [-0.25, -0.2) is 0 Å². The van der Waals surface area contributed by atoms with Crippen LogP contribution in [0.2, 0.25) is 0 Å². The van der Waals surface area contributed by atoms with Crippen LogP contribution in [-0.4, -0.2) is 20.9 Å². The molecule has 18 heavy (non-hydrogen) atoms. The second kappa shape index (κ2) is 5.35. The maximum absolute atomic E-state index is 10.7. The fraction of sp³-hybridized carbons (Fsp3) is 0.231. The average Bonchev–Trinajstić information content (AvgIpc) is 2.73. The van der Waals surface area contributed by atoms with E-state index in [2.05, 4.69) is 5.10 Å². The number of aromatic nitrogens is 2. The number of ether oxygens (including phenoxy) is 1. The van der Waals surface area contributed by atoms with Crippen molar-refractivity contribution < 1.29 is 14.6 Å². The summed E-state index contributed by atoms with van der Waals surface area (Å²) in [7, 11) is 1.81. The van der Waals surface area contributed by atoms with Gasteiger partial charge < -0.3 is 9.84 Å². The van der Waals surface area contributed by atoms with Crippen molar-refractivity contribution in [2.75, 3.05) is 0 Å². The van der Waals surface area contributed by atoms with E-state index in [4.69, 9.17) is 9.84 Å². The first kappa shape index (κ1) is 12.2. The van der Waals surface area contributed by atoms with Crippen LogP contribution < -0.4 is 4.74 Å². The van der Waals surface area contributed by atoms with Gasteiger partial charge in [0.15, 0.2) is 5.75 Å². The minimum Gasteiger partial charge on any atom is -0.486 e. The number of carboxylic acids is 1. The van der Waals surface area contributed by atoms with Crippen molar-refractivity contribution in [1.82, 2.24) is 9.78 Å². The lowest BCUT2D eigenvalue weighted by Crippen LogP contribution is -2.05. The normalized spacial score (nSPS) is 10.3. The van der Waals surface area contributed by atoms with Crippen LogP contribution in [-0.2, 0) is 24.9 Å². The summed E-state index contributed by atoms with van der Waals surface area (Å²) >= 11 is 0. The Labute approximate surface area is 105 Å². The lowest BCUT2D eigenvalue weighted by Gasteiger charge is -2.08. The van der Waals surface area contributed by atoms with Crippen LogP contribution in [0.25, 0.3) is 0 Å². The van der Waals surface area contributed by atoms with Gasteiger partial charge in [-0.1, -0.05) is 24.3 Å². The minimum absolute atomic E-state index is 0.00652. The predicted molar refractivity (Wildman–Crippen MR) is 65.3 cm³/mol. The Morgan fingerprint density at radius 1 is 1.39 bits per heavy atom. The van der Waals surface area contributed by atoms with E-state index in [0.717, 1.165) is 11.1 Å². The highest BCUT2D eigenvalue weighted by Crippen LogP contribution is 2.14. The van der Waals surface area contributed by atoms with E-state index in [-0.39, 0.29) is 6.42 Å². The second-order valence-electron chi connectivity index (χ2n) is 3.98. The Kier molecular flexibility index (Phi) is 3.62. The average molecular weight is 246 g/mol. The monoisotopic (exact) mass is 246 g/mol. The summed E-state index contributed by atoms with van der Waals surface area (Å²) in [5.74, 6) is -0.175. The van der Waals surface area contributed by atoms with Crippen LogP contribution in [0.4, 0.5) is 0 Å². The van der Waals surface area contributed by atoms with Gasteiger partial charge in [0, 0.05) is 7.05 Å². The quantitative estimate of drug-likeness (QED) is 0.870. The lowest BCUT2D eigenvalue weighted by molar-refractivity contribution is -0.136. The molecule has 0 bridgehead atoms. The highest BCUT2D eigenvalue weighted by atomic mass is 16.5. The molecule has 1 heterocycles. The molecule has 2 rings (SSSR count). The minimum atomic E-state index is -0.844. The molecule has 0 aliphatic heterocycles. The Morgan fingerprint density at radius 3 is 2.72 bits per heavy atom. The molecule has 0 aliphatic carbocycles. The summed E-state index contributed by atoms with van der Waals surface area (Å²) in [5.41, 5.74) is 1.65. The van der Waals surface area contributed by atoms with Crippen LogP contribution >= 0.6 is 0 Å². The number of rotatable bonds is 5. The summed E-state index contributed by atoms with van der Waals surface area (Å²) in [5, 5.41) is 12.8. The number of carboxylic acid groups (broad SMARTS) is 1. The fourth-order valence-corrected chi connectivity index (χ4v) is 1.67. The third-order valence-electron chi connectivity index (χ3n) is 2.54. The number of aliphatic carboxylic acids is 1. The largest absolute Gasteiger partial charge is 0.486 e. The zero-order chi connectivity index (χ0) is 13.0. The maximum atomic E-state index is 10.7. The van der Waals surface area contributed by atoms with Gasteiger partial charge in [-0.3, -0.25) is 9.48 Å². The molecule has 0 aliphatic rings. The molecule has 1 aromatic carbocycles. The van der Waals surface area contributed by atoms with Gasteiger partial charge in [0.2, 0.25) is 0 Å². The highest BCUT2D eigenvalue weighted by molar-refractivity contribution is 5.70. The standard InChI is InChI=1S/C13H14N2O3/c1-15-8-12(7-14-15)18-9-11-5-3-2-4-10(11)6-13(16)17/h2-5,7-8H,6,9H2,1H3,(H,16,17). The molecule has 0 atom stereocenters. The zero-order valence-corrected chi connectivity index (χ0v) is 10.0. The van der Waals surface area contributed by atoms with Gasteiger partial charge in [0.05, 0.1) is 18.8 Å². The molecule has 1 aromatic heterocycles. The van der Waals surface area contributed by atoms with Gasteiger partial charge in [-0.2, -0.15) is 5.10 Å². The van der Waals surface area contributed by atoms with Crippen LogP contribution in [0.1, 0.15) is 11.1 Å². The van der Waals surface area contributed by atoms with Gasteiger partial charge in [0.25, 0.3) is 0 Å². The maximum Gasteiger partial charge on any atom is 0.307 e. The molecule has 2 aromatic rings. The molecule has 5 heteroatoms. The van der Waals surface area contributed by atoms with Crippen molar-refractivity contribution in [3.63, 3.8) is 0 Å². The highest BCUT2D eigenvalue weighted by Gasteiger charge is 2.07. The second-order valence-corrected chi connectivity index (χ2v) is 3.98. The van der Waals surface area contributed by atoms with Crippen molar-refractivity contribution in [2.24, 2.45) is 7.05 Å². The van der Waals surface area contributed by atoms with Gasteiger partial charge in [0.1, 0.15) is 6.61 Å². The third kappa shape index (κ3) is 3.10. The Balaban J connectivity index is 2.06. The molecule has 0 fully saturated rings. The van der Waals surface area contributed by atoms with Crippen LogP contribution in [0.15, 0.2) is 36.7 Å². The molecule has 0 saturated carbocycles. The molecular formula is C13H14N2O3. The Morgan fingerprint density at radius 2 is 2.11 bits per heavy atom. The first-order chi connectivity index (χ1) is 8.65. The molecular weight excluding hydrogens is 232 g/mol. The van der Waals surface area contributed by atoms with E-state index >= 15 is 0 Å². The summed E-state index contributed by atoms with van der Waals surface area (Å²) < 4.78 is 7.21. The zero-order valence-electron chi connectivity index (χ0n) is 10.0. The summed E-state index contributed by atoms with van der Waals surface area (Å²) in [6.07, 6.45) is 3.40. The Hall–Kier alpha value is -2.30. The lowest BCUT2D eigenvalue weighted by atomic mass is 10.1. The molecule has 0 amide bonds. The molecule has 0 saturated heterocycles. The third-order valence-corrected chi connectivity index (χ3v) is 2.54. The van der Waals surface area contributed by atoms with Crippen LogP contribution in [0.3, 0.4) is 0 Å². The van der Waals surface area contributed by atoms with E-state index in [1.807, 2.05) is 25.2 Å². The van der Waals surface area contributed by atoms with Crippen molar-refractivity contribution in [1.29, 1.82) is 0 Å². The first-order valence-corrected chi connectivity index (χ1v) is 5.55. The molecule has 0 spiro atoms. The fourth-order valence-electron chi connectivity index (χ4n) is 1.67. The van der Waals surface area contributed by atoms with Gasteiger partial charge in [-0.05, 0) is 11.1 Å². The topological polar surface area (TPSA) is 64.3 Å². The van der Waals surface area contributed by atoms with Gasteiger partial charge in [-0.15, -0.1) is 0 Å². The van der Waals surface area contributed by atoms with E-state index in [9.17, 15) is 4.79 Å². The molecule has 0 radical (unpaired) electrons. The van der Waals surface area contributed by atoms with Gasteiger partial charge >= 0.3 is 5.97 Å². The van der Waals surface area contributed by atoms with Crippen molar-refractivity contribution in [2.45, 2.75) is 13.0 Å². The molecule has 94 valence electrons. The van der Waals surface area contributed by atoms with E-state index in [0.29, 0.717) is 12.4 Å². The Bertz CT molecular complexity index is 549. The van der Waals surface area contributed by atoms with E-state index in [1.54, 1.807) is 23.1 Å². The van der Waals surface area contributed by atoms with E-state index < -0.39 is 5.97 Å². The SMILES string of the molecule is Cn1cc(OCc2ccccc2CC(=O)O)cn1. The number of aryl methyl sites for hydroxylation is 1. The molecule has 5 nitrogen and oxygen atoms in total. The smallest absolute Gasteiger partial charge is 0.307 e. The van der Waals surface area contributed by atoms with Crippen molar-refractivity contribution in [3.05, 3.63) is 47.8 Å².